The van der Waals surface area contributed by atoms with Crippen molar-refractivity contribution in [1.82, 2.24) is 10.2 Å². The first-order valence-electron chi connectivity index (χ1n) is 6.80. The Morgan fingerprint density at radius 3 is 3.00 bits per heavy atom. The van der Waals surface area contributed by atoms with Crippen LogP contribution >= 0.6 is 22.7 Å². The molecule has 0 radical (unpaired) electrons. The van der Waals surface area contributed by atoms with Crippen LogP contribution in [-0.4, -0.2) is 29.8 Å². The molecule has 0 spiro atoms. The second kappa shape index (κ2) is 6.09. The van der Waals surface area contributed by atoms with Crippen LogP contribution in [0.3, 0.4) is 0 Å². The summed E-state index contributed by atoms with van der Waals surface area (Å²) in [6.45, 7) is 0.661. The molecule has 1 atom stereocenters. The summed E-state index contributed by atoms with van der Waals surface area (Å²) in [6, 6.07) is 6.06. The molecule has 1 aliphatic heterocycles. The molecule has 110 valence electrons. The zero-order chi connectivity index (χ0) is 14.8. The predicted molar refractivity (Wildman–Crippen MR) is 85.3 cm³/mol. The molecule has 3 rings (SSSR count). The van der Waals surface area contributed by atoms with Crippen molar-refractivity contribution in [3.63, 3.8) is 0 Å². The van der Waals surface area contributed by atoms with E-state index in [-0.39, 0.29) is 17.9 Å². The van der Waals surface area contributed by atoms with E-state index in [0.717, 1.165) is 0 Å². The Balaban J connectivity index is 1.61. The third kappa shape index (κ3) is 3.07. The number of likely N-dealkylation sites (tertiary alicyclic amines) is 1. The second-order valence-electron chi connectivity index (χ2n) is 5.04. The lowest BCUT2D eigenvalue weighted by atomic mass is 10.0. The maximum Gasteiger partial charge on any atom is 0.246 e. The number of nitrogens with one attached hydrogen (secondary N) is 1. The molecule has 21 heavy (non-hydrogen) atoms. The van der Waals surface area contributed by atoms with Crippen LogP contribution in [0.4, 0.5) is 0 Å². The Bertz CT molecular complexity index is 648. The van der Waals surface area contributed by atoms with Crippen molar-refractivity contribution in [1.29, 1.82) is 0 Å². The van der Waals surface area contributed by atoms with Gasteiger partial charge in [-0.3, -0.25) is 14.5 Å². The third-order valence-electron chi connectivity index (χ3n) is 3.63. The van der Waals surface area contributed by atoms with Crippen LogP contribution in [0.15, 0.2) is 29.0 Å². The molecule has 4 nitrogen and oxygen atoms in total. The first-order valence-corrected chi connectivity index (χ1v) is 8.56. The Kier molecular flexibility index (Phi) is 4.19. The van der Waals surface area contributed by atoms with Gasteiger partial charge in [-0.05, 0) is 29.3 Å². The number of carbonyl (C=O) groups is 2. The number of carbonyl (C=O) groups excluding carboxylic acids is 2. The van der Waals surface area contributed by atoms with Gasteiger partial charge in [0.05, 0.1) is 6.04 Å². The smallest absolute Gasteiger partial charge is 0.246 e. The minimum Gasteiger partial charge on any atom is -0.301 e. The van der Waals surface area contributed by atoms with Gasteiger partial charge in [-0.25, -0.2) is 0 Å². The van der Waals surface area contributed by atoms with E-state index in [1.54, 1.807) is 29.7 Å². The molecule has 1 saturated heterocycles. The van der Waals surface area contributed by atoms with Gasteiger partial charge in [0.25, 0.3) is 0 Å². The first kappa shape index (κ1) is 14.4. The SMILES string of the molecule is CN1C(=O)CCC(NCc2cc(-c3cccs3)cs2)C1=O. The highest BCUT2D eigenvalue weighted by molar-refractivity contribution is 7.14. The summed E-state index contributed by atoms with van der Waals surface area (Å²) < 4.78 is 0. The molecule has 2 amide bonds. The Hall–Kier alpha value is -1.50. The zero-order valence-electron chi connectivity index (χ0n) is 11.7. The highest BCUT2D eigenvalue weighted by Gasteiger charge is 2.31. The number of likely N-dealkylation sites (N-methyl/N-ethyl adjacent to an activating group) is 1. The summed E-state index contributed by atoms with van der Waals surface area (Å²) in [5, 5.41) is 7.48. The number of thiophene rings is 2. The Morgan fingerprint density at radius 1 is 1.38 bits per heavy atom. The third-order valence-corrected chi connectivity index (χ3v) is 5.49. The highest BCUT2D eigenvalue weighted by atomic mass is 32.1. The van der Waals surface area contributed by atoms with Gasteiger partial charge in [0.1, 0.15) is 0 Å². The van der Waals surface area contributed by atoms with E-state index in [4.69, 9.17) is 0 Å². The van der Waals surface area contributed by atoms with E-state index >= 15 is 0 Å². The molecule has 1 N–H and O–H groups in total. The number of nitrogens with zero attached hydrogens (tertiary/aromatic N) is 1. The molecule has 1 fully saturated rings. The normalized spacial score (nSPS) is 19.3. The van der Waals surface area contributed by atoms with Crippen LogP contribution in [-0.2, 0) is 16.1 Å². The number of hydrogen-bond acceptors (Lipinski definition) is 5. The van der Waals surface area contributed by atoms with Crippen molar-refractivity contribution in [2.75, 3.05) is 7.05 Å². The number of piperidine rings is 1. The topological polar surface area (TPSA) is 49.4 Å². The van der Waals surface area contributed by atoms with Crippen molar-refractivity contribution in [2.24, 2.45) is 0 Å². The lowest BCUT2D eigenvalue weighted by molar-refractivity contribution is -0.148. The number of amides is 2. The summed E-state index contributed by atoms with van der Waals surface area (Å²) in [5.41, 5.74) is 1.23. The van der Waals surface area contributed by atoms with Gasteiger partial charge in [-0.2, -0.15) is 0 Å². The van der Waals surface area contributed by atoms with Crippen molar-refractivity contribution >= 4 is 34.5 Å². The fraction of sp³-hybridized carbons (Fsp3) is 0.333. The fourth-order valence-electron chi connectivity index (χ4n) is 2.37. The summed E-state index contributed by atoms with van der Waals surface area (Å²) in [6.07, 6.45) is 1.02. The molecular weight excluding hydrogens is 304 g/mol. The molecule has 2 aromatic rings. The van der Waals surface area contributed by atoms with E-state index in [0.29, 0.717) is 19.4 Å². The largest absolute Gasteiger partial charge is 0.301 e. The monoisotopic (exact) mass is 320 g/mol. The van der Waals surface area contributed by atoms with Crippen molar-refractivity contribution in [2.45, 2.75) is 25.4 Å². The standard InChI is InChI=1S/C15H16N2O2S2/c1-17-14(18)5-4-12(15(17)19)16-8-11-7-10(9-21-11)13-3-2-6-20-13/h2-3,6-7,9,12,16H,4-5,8H2,1H3. The number of rotatable bonds is 4. The quantitative estimate of drug-likeness (QED) is 0.881. The van der Waals surface area contributed by atoms with Crippen LogP contribution in [0.5, 0.6) is 0 Å². The summed E-state index contributed by atoms with van der Waals surface area (Å²) >= 11 is 3.42. The second-order valence-corrected chi connectivity index (χ2v) is 6.99. The molecule has 2 aromatic heterocycles. The van der Waals surface area contributed by atoms with Gasteiger partial charge in [0, 0.05) is 35.3 Å². The highest BCUT2D eigenvalue weighted by Crippen LogP contribution is 2.29. The maximum atomic E-state index is 12.0. The number of imide groups is 1. The molecule has 0 bridgehead atoms. The molecule has 1 aliphatic rings. The fourth-order valence-corrected chi connectivity index (χ4v) is 4.00. The van der Waals surface area contributed by atoms with E-state index in [1.807, 2.05) is 6.07 Å². The van der Waals surface area contributed by atoms with Crippen molar-refractivity contribution < 1.29 is 9.59 Å². The van der Waals surface area contributed by atoms with Gasteiger partial charge in [-0.1, -0.05) is 6.07 Å². The van der Waals surface area contributed by atoms with E-state index in [9.17, 15) is 9.59 Å². The number of hydrogen-bond donors (Lipinski definition) is 1. The van der Waals surface area contributed by atoms with Gasteiger partial charge >= 0.3 is 0 Å². The molecule has 3 heterocycles. The first-order chi connectivity index (χ1) is 10.1. The van der Waals surface area contributed by atoms with Gasteiger partial charge < -0.3 is 5.32 Å². The predicted octanol–water partition coefficient (Wildman–Crippen LogP) is 2.71. The van der Waals surface area contributed by atoms with Crippen molar-refractivity contribution in [3.8, 4) is 10.4 Å². The lowest BCUT2D eigenvalue weighted by Gasteiger charge is -2.28. The molecule has 0 aromatic carbocycles. The van der Waals surface area contributed by atoms with Crippen LogP contribution in [0.2, 0.25) is 0 Å². The van der Waals surface area contributed by atoms with E-state index in [2.05, 4.69) is 28.2 Å². The molecule has 0 aliphatic carbocycles. The van der Waals surface area contributed by atoms with Crippen molar-refractivity contribution in [3.05, 3.63) is 33.8 Å². The van der Waals surface area contributed by atoms with Gasteiger partial charge in [-0.15, -0.1) is 22.7 Å². The average Bonchev–Trinajstić information content (AvgIpc) is 3.14. The molecule has 6 heteroatoms. The minimum absolute atomic E-state index is 0.0887. The lowest BCUT2D eigenvalue weighted by Crippen LogP contribution is -2.51. The summed E-state index contributed by atoms with van der Waals surface area (Å²) in [5.74, 6) is -0.213. The Labute approximate surface area is 131 Å². The average molecular weight is 320 g/mol. The zero-order valence-corrected chi connectivity index (χ0v) is 13.3. The molecule has 0 saturated carbocycles. The minimum atomic E-state index is -0.250. The van der Waals surface area contributed by atoms with Crippen LogP contribution in [0.25, 0.3) is 10.4 Å². The van der Waals surface area contributed by atoms with Crippen LogP contribution in [0.1, 0.15) is 17.7 Å². The van der Waals surface area contributed by atoms with Crippen LogP contribution in [0, 0.1) is 0 Å². The van der Waals surface area contributed by atoms with Gasteiger partial charge in [0.2, 0.25) is 11.8 Å². The van der Waals surface area contributed by atoms with E-state index < -0.39 is 0 Å². The van der Waals surface area contributed by atoms with Crippen LogP contribution < -0.4 is 5.32 Å². The maximum absolute atomic E-state index is 12.0. The summed E-state index contributed by atoms with van der Waals surface area (Å²) in [7, 11) is 1.55. The summed E-state index contributed by atoms with van der Waals surface area (Å²) in [4.78, 5) is 27.1. The van der Waals surface area contributed by atoms with Gasteiger partial charge in [0.15, 0.2) is 0 Å². The Morgan fingerprint density at radius 2 is 2.24 bits per heavy atom. The molecular formula is C15H16N2O2S2. The van der Waals surface area contributed by atoms with E-state index in [1.165, 1.54) is 20.2 Å². The molecule has 1 unspecified atom stereocenters.